The molecule has 0 atom stereocenters. The van der Waals surface area contributed by atoms with Crippen LogP contribution in [0.25, 0.3) is 22.3 Å². The summed E-state index contributed by atoms with van der Waals surface area (Å²) in [7, 11) is 0. The van der Waals surface area contributed by atoms with Crippen molar-refractivity contribution in [2.24, 2.45) is 0 Å². The quantitative estimate of drug-likeness (QED) is 0.245. The number of benzene rings is 3. The smallest absolute Gasteiger partial charge is 0.368 e. The van der Waals surface area contributed by atoms with Gasteiger partial charge in [0.1, 0.15) is 16.9 Å². The third kappa shape index (κ3) is 3.71. The molecule has 3 aromatic carbocycles. The molecular weight excluding hydrogens is 352 g/mol. The summed E-state index contributed by atoms with van der Waals surface area (Å²) in [6.07, 6.45) is 0. The first-order valence-electron chi connectivity index (χ1n) is 9.11. The molecule has 0 spiro atoms. The van der Waals surface area contributed by atoms with E-state index in [0.29, 0.717) is 29.3 Å². The molecule has 0 aliphatic heterocycles. The third-order valence-corrected chi connectivity index (χ3v) is 4.28. The largest absolute Gasteiger partial charge is 0.493 e. The van der Waals surface area contributed by atoms with Crippen LogP contribution in [0.3, 0.4) is 0 Å². The normalized spacial score (nSPS) is 10.6. The van der Waals surface area contributed by atoms with Crippen molar-refractivity contribution in [1.29, 1.82) is 0 Å². The van der Waals surface area contributed by atoms with E-state index in [1.807, 2.05) is 55.5 Å². The van der Waals surface area contributed by atoms with E-state index in [1.54, 1.807) is 36.4 Å². The lowest BCUT2D eigenvalue weighted by atomic mass is 10.1. The first-order chi connectivity index (χ1) is 13.7. The predicted octanol–water partition coefficient (Wildman–Crippen LogP) is 6.00. The highest BCUT2D eigenvalue weighted by Gasteiger charge is 2.21. The van der Waals surface area contributed by atoms with Crippen LogP contribution in [-0.2, 0) is 0 Å². The summed E-state index contributed by atoms with van der Waals surface area (Å²) in [4.78, 5) is 12.3. The Morgan fingerprint density at radius 1 is 0.893 bits per heavy atom. The van der Waals surface area contributed by atoms with Crippen LogP contribution in [0.2, 0.25) is 0 Å². The summed E-state index contributed by atoms with van der Waals surface area (Å²) in [5.41, 5.74) is 2.02. The number of carbonyl (C=O) groups is 1. The Balaban J connectivity index is 1.74. The molecule has 4 heteroatoms. The maximum Gasteiger partial charge on any atom is 0.368 e. The second-order valence-corrected chi connectivity index (χ2v) is 6.19. The van der Waals surface area contributed by atoms with Crippen molar-refractivity contribution in [3.8, 4) is 22.8 Å². The van der Waals surface area contributed by atoms with Gasteiger partial charge in [-0.05, 0) is 43.3 Å². The minimum Gasteiger partial charge on any atom is -0.493 e. The minimum atomic E-state index is -0.413. The maximum atomic E-state index is 12.3. The molecule has 0 N–H and O–H groups in total. The molecule has 138 valence electrons. The molecule has 1 heterocycles. The SMILES string of the molecule is CCOc1cc(-c2ccccc2)[o+]c2cc(OC(=O)c3ccccc3)ccc12. The molecule has 4 nitrogen and oxygen atoms in total. The molecule has 0 aliphatic carbocycles. The Labute approximate surface area is 163 Å². The Morgan fingerprint density at radius 3 is 2.32 bits per heavy atom. The van der Waals surface area contributed by atoms with Gasteiger partial charge in [0.25, 0.3) is 0 Å². The molecule has 0 amide bonds. The highest BCUT2D eigenvalue weighted by molar-refractivity contribution is 5.92. The molecule has 0 fully saturated rings. The van der Waals surface area contributed by atoms with Gasteiger partial charge in [0, 0.05) is 0 Å². The van der Waals surface area contributed by atoms with E-state index in [1.165, 1.54) is 0 Å². The molecule has 0 aliphatic rings. The van der Waals surface area contributed by atoms with E-state index in [4.69, 9.17) is 13.9 Å². The van der Waals surface area contributed by atoms with E-state index in [0.717, 1.165) is 16.7 Å². The van der Waals surface area contributed by atoms with Gasteiger partial charge in [-0.15, -0.1) is 0 Å². The van der Waals surface area contributed by atoms with Gasteiger partial charge < -0.3 is 9.47 Å². The Morgan fingerprint density at radius 2 is 1.61 bits per heavy atom. The van der Waals surface area contributed by atoms with Crippen LogP contribution in [0.5, 0.6) is 11.5 Å². The van der Waals surface area contributed by atoms with E-state index < -0.39 is 5.97 Å². The lowest BCUT2D eigenvalue weighted by Crippen LogP contribution is -2.08. The van der Waals surface area contributed by atoms with Crippen molar-refractivity contribution in [2.75, 3.05) is 6.61 Å². The summed E-state index contributed by atoms with van der Waals surface area (Å²) in [5, 5.41) is 0.820. The lowest BCUT2D eigenvalue weighted by Gasteiger charge is -2.06. The summed E-state index contributed by atoms with van der Waals surface area (Å²) >= 11 is 0. The molecule has 4 rings (SSSR count). The molecule has 0 unspecified atom stereocenters. The topological polar surface area (TPSA) is 46.8 Å². The number of fused-ring (bicyclic) bond motifs is 1. The van der Waals surface area contributed by atoms with Gasteiger partial charge in [0.2, 0.25) is 0 Å². The molecule has 28 heavy (non-hydrogen) atoms. The summed E-state index contributed by atoms with van der Waals surface area (Å²) in [5.74, 6) is 1.41. The second kappa shape index (κ2) is 7.92. The molecule has 1 aromatic heterocycles. The highest BCUT2D eigenvalue weighted by atomic mass is 16.5. The lowest BCUT2D eigenvalue weighted by molar-refractivity contribution is 0.0735. The molecular formula is C24H19O4+. The van der Waals surface area contributed by atoms with Crippen LogP contribution in [0.15, 0.2) is 89.3 Å². The summed E-state index contributed by atoms with van der Waals surface area (Å²) < 4.78 is 17.4. The number of rotatable bonds is 5. The predicted molar refractivity (Wildman–Crippen MR) is 109 cm³/mol. The summed E-state index contributed by atoms with van der Waals surface area (Å²) in [6, 6.07) is 25.9. The van der Waals surface area contributed by atoms with Crippen LogP contribution in [-0.4, -0.2) is 12.6 Å². The first kappa shape index (κ1) is 17.7. The number of ether oxygens (including phenoxy) is 2. The fraction of sp³-hybridized carbons (Fsp3) is 0.0833. The van der Waals surface area contributed by atoms with E-state index >= 15 is 0 Å². The molecule has 0 saturated heterocycles. The van der Waals surface area contributed by atoms with Crippen molar-refractivity contribution in [3.63, 3.8) is 0 Å². The number of carbonyl (C=O) groups excluding carboxylic acids is 1. The van der Waals surface area contributed by atoms with Gasteiger partial charge in [0.15, 0.2) is 0 Å². The van der Waals surface area contributed by atoms with Crippen molar-refractivity contribution in [3.05, 3.63) is 90.5 Å². The Bertz CT molecular complexity index is 1110. The minimum absolute atomic E-state index is 0.413. The standard InChI is InChI=1S/C24H19O4/c1-2-26-22-16-21(17-9-5-3-6-10-17)28-23-15-19(13-14-20(22)23)27-24(25)18-11-7-4-8-12-18/h3-16H,2H2,1H3/q+1. The van der Waals surface area contributed by atoms with Crippen LogP contribution in [0.4, 0.5) is 0 Å². The fourth-order valence-electron chi connectivity index (χ4n) is 2.96. The molecule has 0 saturated carbocycles. The first-order valence-corrected chi connectivity index (χ1v) is 9.11. The average Bonchev–Trinajstić information content (AvgIpc) is 2.75. The average molecular weight is 371 g/mol. The Kier molecular flexibility index (Phi) is 5.02. The number of hydrogen-bond acceptors (Lipinski definition) is 3. The van der Waals surface area contributed by atoms with Gasteiger partial charge in [-0.1, -0.05) is 36.4 Å². The molecule has 4 aromatic rings. The van der Waals surface area contributed by atoms with Crippen molar-refractivity contribution >= 4 is 16.9 Å². The van der Waals surface area contributed by atoms with Crippen LogP contribution in [0.1, 0.15) is 17.3 Å². The summed E-state index contributed by atoms with van der Waals surface area (Å²) in [6.45, 7) is 2.48. The number of hydrogen-bond donors (Lipinski definition) is 0. The second-order valence-electron chi connectivity index (χ2n) is 6.19. The van der Waals surface area contributed by atoms with Gasteiger partial charge in [0.05, 0.1) is 29.9 Å². The zero-order valence-corrected chi connectivity index (χ0v) is 15.4. The van der Waals surface area contributed by atoms with Crippen LogP contribution in [0, 0.1) is 0 Å². The molecule has 0 bridgehead atoms. The monoisotopic (exact) mass is 371 g/mol. The van der Waals surface area contributed by atoms with Crippen molar-refractivity contribution < 1.29 is 18.7 Å². The van der Waals surface area contributed by atoms with Gasteiger partial charge in [-0.3, -0.25) is 0 Å². The zero-order chi connectivity index (χ0) is 19.3. The van der Waals surface area contributed by atoms with E-state index in [2.05, 4.69) is 0 Å². The van der Waals surface area contributed by atoms with Gasteiger partial charge in [-0.25, -0.2) is 9.21 Å². The van der Waals surface area contributed by atoms with Crippen LogP contribution < -0.4 is 9.47 Å². The highest BCUT2D eigenvalue weighted by Crippen LogP contribution is 2.34. The molecule has 0 radical (unpaired) electrons. The van der Waals surface area contributed by atoms with Crippen LogP contribution >= 0.6 is 0 Å². The van der Waals surface area contributed by atoms with E-state index in [-0.39, 0.29) is 0 Å². The Hall–Kier alpha value is -3.66. The van der Waals surface area contributed by atoms with Gasteiger partial charge >= 0.3 is 17.3 Å². The number of esters is 1. The fourth-order valence-corrected chi connectivity index (χ4v) is 2.96. The van der Waals surface area contributed by atoms with Gasteiger partial charge in [-0.2, -0.15) is 0 Å². The van der Waals surface area contributed by atoms with Crippen molar-refractivity contribution in [2.45, 2.75) is 6.92 Å². The van der Waals surface area contributed by atoms with Crippen molar-refractivity contribution in [1.82, 2.24) is 0 Å². The van der Waals surface area contributed by atoms with E-state index in [9.17, 15) is 4.79 Å². The third-order valence-electron chi connectivity index (χ3n) is 4.28. The zero-order valence-electron chi connectivity index (χ0n) is 15.4. The maximum absolute atomic E-state index is 12.3.